The number of nitriles is 1. The van der Waals surface area contributed by atoms with Crippen molar-refractivity contribution in [1.29, 1.82) is 5.26 Å². The maximum absolute atomic E-state index is 16.7. The van der Waals surface area contributed by atoms with E-state index in [2.05, 4.69) is 46.7 Å². The smallest absolute Gasteiger partial charge is 0.225 e. The lowest BCUT2D eigenvalue weighted by atomic mass is 9.85. The number of benzene rings is 1. The van der Waals surface area contributed by atoms with Crippen molar-refractivity contribution < 1.29 is 13.5 Å². The SMILES string of the molecule is C/C=C(/F)c1sc(N)c(C#N)c1/C(=C(\C)CC)c1c2c(c3cnc(N4CCCC4)nc3c1F)COC2.CCCCCN(C)CCC. The van der Waals surface area contributed by atoms with E-state index in [1.165, 1.54) is 44.8 Å². The van der Waals surface area contributed by atoms with E-state index in [-0.39, 0.29) is 27.6 Å². The molecule has 7 nitrogen and oxygen atoms in total. The number of nitrogens with two attached hydrogens (primary N) is 1. The van der Waals surface area contributed by atoms with Gasteiger partial charge in [-0.1, -0.05) is 45.3 Å². The number of rotatable bonds is 11. The van der Waals surface area contributed by atoms with Crippen LogP contribution in [0.2, 0.25) is 0 Å². The number of nitrogens with zero attached hydrogens (tertiary/aromatic N) is 5. The number of fused-ring (bicyclic) bond motifs is 3. The van der Waals surface area contributed by atoms with Crippen molar-refractivity contribution in [2.75, 3.05) is 43.9 Å². The lowest BCUT2D eigenvalue weighted by Crippen LogP contribution is -2.20. The minimum Gasteiger partial charge on any atom is -0.389 e. The summed E-state index contributed by atoms with van der Waals surface area (Å²) >= 11 is 1.00. The number of halogens is 2. The molecule has 0 spiro atoms. The maximum atomic E-state index is 16.7. The lowest BCUT2D eigenvalue weighted by Gasteiger charge is -2.20. The van der Waals surface area contributed by atoms with Gasteiger partial charge in [-0.25, -0.2) is 18.7 Å². The second-order valence-electron chi connectivity index (χ2n) is 12.1. The molecule has 0 bridgehead atoms. The van der Waals surface area contributed by atoms with Crippen molar-refractivity contribution in [2.45, 2.75) is 92.8 Å². The molecule has 3 aromatic rings. The molecule has 248 valence electrons. The molecule has 1 fully saturated rings. The molecule has 0 amide bonds. The van der Waals surface area contributed by atoms with E-state index in [1.807, 2.05) is 13.8 Å². The summed E-state index contributed by atoms with van der Waals surface area (Å²) in [6.07, 6.45) is 11.0. The zero-order valence-corrected chi connectivity index (χ0v) is 29.0. The third kappa shape index (κ3) is 7.43. The Morgan fingerprint density at radius 3 is 2.48 bits per heavy atom. The standard InChI is InChI=1S/C27H27F2N5OS.C9H21N/c1-4-14(3)20(22-15(10-30)26(31)36-25(22)19(28)5-2)21-18-13-35-12-17(18)16-11-32-27(33-24(16)23(21)29)34-8-6-7-9-34;1-4-6-7-9-10(3)8-5-2/h5,11H,4,6-9,12-13,31H2,1-3H3;4-9H2,1-3H3/b19-5+,20-14+;. The summed E-state index contributed by atoms with van der Waals surface area (Å²) in [5.41, 5.74) is 9.97. The molecular formula is C36H48F2N6OS. The summed E-state index contributed by atoms with van der Waals surface area (Å²) < 4.78 is 37.5. The van der Waals surface area contributed by atoms with Crippen LogP contribution >= 0.6 is 11.3 Å². The van der Waals surface area contributed by atoms with Gasteiger partial charge in [0.15, 0.2) is 5.82 Å². The first-order valence-corrected chi connectivity index (χ1v) is 17.4. The highest BCUT2D eigenvalue weighted by Gasteiger charge is 2.32. The predicted octanol–water partition coefficient (Wildman–Crippen LogP) is 9.00. The third-order valence-electron chi connectivity index (χ3n) is 8.80. The molecule has 0 saturated carbocycles. The van der Waals surface area contributed by atoms with E-state index in [4.69, 9.17) is 10.5 Å². The van der Waals surface area contributed by atoms with Crippen LogP contribution in [-0.2, 0) is 18.0 Å². The number of unbranched alkanes of at least 4 members (excludes halogenated alkanes) is 2. The van der Waals surface area contributed by atoms with Gasteiger partial charge < -0.3 is 20.3 Å². The Kier molecular flexibility index (Phi) is 12.7. The van der Waals surface area contributed by atoms with Gasteiger partial charge in [0.25, 0.3) is 0 Å². The molecule has 2 N–H and O–H groups in total. The van der Waals surface area contributed by atoms with Crippen molar-refractivity contribution in [3.05, 3.63) is 56.4 Å². The first-order chi connectivity index (χ1) is 22.2. The zero-order valence-electron chi connectivity index (χ0n) is 28.2. The topological polar surface area (TPSA) is 91.3 Å². The summed E-state index contributed by atoms with van der Waals surface area (Å²) in [6, 6.07) is 2.13. The minimum absolute atomic E-state index is 0.155. The Bertz CT molecular complexity index is 1630. The van der Waals surface area contributed by atoms with Gasteiger partial charge in [-0.05, 0) is 82.8 Å². The highest BCUT2D eigenvalue weighted by atomic mass is 32.1. The van der Waals surface area contributed by atoms with Crippen molar-refractivity contribution in [3.63, 3.8) is 0 Å². The van der Waals surface area contributed by atoms with Gasteiger partial charge in [-0.3, -0.25) is 0 Å². The fraction of sp³-hybridized carbons (Fsp3) is 0.528. The second-order valence-corrected chi connectivity index (χ2v) is 13.1. The van der Waals surface area contributed by atoms with Crippen molar-refractivity contribution in [2.24, 2.45) is 0 Å². The Morgan fingerprint density at radius 1 is 1.13 bits per heavy atom. The molecular weight excluding hydrogens is 603 g/mol. The molecule has 0 atom stereocenters. The zero-order chi connectivity index (χ0) is 33.4. The van der Waals surface area contributed by atoms with E-state index in [0.717, 1.165) is 48.4 Å². The summed E-state index contributed by atoms with van der Waals surface area (Å²) in [5, 5.41) is 10.8. The van der Waals surface area contributed by atoms with Gasteiger partial charge in [0.1, 0.15) is 22.4 Å². The molecule has 10 heteroatoms. The fourth-order valence-corrected chi connectivity index (χ4v) is 7.18. The number of ether oxygens (including phenoxy) is 1. The molecule has 2 aliphatic heterocycles. The summed E-state index contributed by atoms with van der Waals surface area (Å²) in [7, 11) is 2.21. The Morgan fingerprint density at radius 2 is 1.85 bits per heavy atom. The lowest BCUT2D eigenvalue weighted by molar-refractivity contribution is 0.134. The van der Waals surface area contributed by atoms with Crippen LogP contribution in [-0.4, -0.2) is 48.1 Å². The fourth-order valence-electron chi connectivity index (χ4n) is 6.19. The predicted molar refractivity (Wildman–Crippen MR) is 187 cm³/mol. The minimum atomic E-state index is -0.514. The van der Waals surface area contributed by atoms with Crippen LogP contribution in [0.25, 0.3) is 22.3 Å². The monoisotopic (exact) mass is 650 g/mol. The maximum Gasteiger partial charge on any atom is 0.225 e. The Balaban J connectivity index is 0.000000416. The van der Waals surface area contributed by atoms with Crippen LogP contribution < -0.4 is 10.6 Å². The van der Waals surface area contributed by atoms with Gasteiger partial charge in [-0.15, -0.1) is 11.3 Å². The number of allylic oxidation sites excluding steroid dienone is 2. The van der Waals surface area contributed by atoms with Crippen LogP contribution in [0.3, 0.4) is 0 Å². The van der Waals surface area contributed by atoms with Crippen LogP contribution in [0.15, 0.2) is 17.8 Å². The summed E-state index contributed by atoms with van der Waals surface area (Å²) in [6.45, 7) is 14.6. The molecule has 4 heterocycles. The molecule has 0 aliphatic carbocycles. The highest BCUT2D eigenvalue weighted by Crippen LogP contribution is 2.47. The van der Waals surface area contributed by atoms with Gasteiger partial charge in [0.05, 0.1) is 23.7 Å². The molecule has 1 aromatic carbocycles. The van der Waals surface area contributed by atoms with Gasteiger partial charge in [0, 0.05) is 35.8 Å². The molecule has 1 saturated heterocycles. The highest BCUT2D eigenvalue weighted by molar-refractivity contribution is 7.17. The normalized spacial score (nSPS) is 15.2. The molecule has 2 aromatic heterocycles. The molecule has 0 radical (unpaired) electrons. The number of aromatic nitrogens is 2. The number of nitrogen functional groups attached to an aromatic ring is 1. The van der Waals surface area contributed by atoms with E-state index in [0.29, 0.717) is 46.6 Å². The first kappa shape index (κ1) is 35.5. The van der Waals surface area contributed by atoms with E-state index < -0.39 is 11.6 Å². The summed E-state index contributed by atoms with van der Waals surface area (Å²) in [5.74, 6) is -0.516. The number of anilines is 2. The van der Waals surface area contributed by atoms with Crippen LogP contribution in [0.5, 0.6) is 0 Å². The van der Waals surface area contributed by atoms with Crippen molar-refractivity contribution in [1.82, 2.24) is 14.9 Å². The van der Waals surface area contributed by atoms with E-state index in [9.17, 15) is 5.26 Å². The van der Waals surface area contributed by atoms with Crippen LogP contribution in [0.1, 0.15) is 112 Å². The van der Waals surface area contributed by atoms with Crippen LogP contribution in [0.4, 0.5) is 19.7 Å². The van der Waals surface area contributed by atoms with Crippen molar-refractivity contribution in [3.8, 4) is 6.07 Å². The Labute approximate surface area is 276 Å². The third-order valence-corrected chi connectivity index (χ3v) is 9.83. The average molecular weight is 651 g/mol. The second kappa shape index (κ2) is 16.4. The largest absolute Gasteiger partial charge is 0.389 e. The average Bonchev–Trinajstić information content (AvgIpc) is 3.83. The number of hydrogen-bond acceptors (Lipinski definition) is 8. The number of hydrogen-bond donors (Lipinski definition) is 1. The van der Waals surface area contributed by atoms with Gasteiger partial charge in [0.2, 0.25) is 5.95 Å². The van der Waals surface area contributed by atoms with Gasteiger partial charge >= 0.3 is 0 Å². The molecule has 46 heavy (non-hydrogen) atoms. The Hall–Kier alpha value is -3.39. The molecule has 0 unspecified atom stereocenters. The van der Waals surface area contributed by atoms with Crippen molar-refractivity contribution >= 4 is 44.6 Å². The van der Waals surface area contributed by atoms with Gasteiger partial charge in [-0.2, -0.15) is 5.26 Å². The molecule has 5 rings (SSSR count). The molecule has 2 aliphatic rings. The van der Waals surface area contributed by atoms with E-state index >= 15 is 8.78 Å². The number of thiophene rings is 1. The first-order valence-electron chi connectivity index (χ1n) is 16.6. The van der Waals surface area contributed by atoms with Crippen LogP contribution in [0, 0.1) is 17.1 Å². The summed E-state index contributed by atoms with van der Waals surface area (Å²) in [4.78, 5) is 13.9. The quantitative estimate of drug-likeness (QED) is 0.207. The van der Waals surface area contributed by atoms with E-state index in [1.54, 1.807) is 13.1 Å².